The largest absolute Gasteiger partial charge is 0.369 e. The molecule has 0 radical (unpaired) electrons. The molecule has 3 N–H and O–H groups in total. The molecule has 8 heteroatoms. The van der Waals surface area contributed by atoms with E-state index in [4.69, 9.17) is 5.73 Å². The Labute approximate surface area is 138 Å². The third kappa shape index (κ3) is 4.56. The third-order valence-corrected chi connectivity index (χ3v) is 4.29. The SMILES string of the molecule is Cc1ccc(NC(=O)Cc2nnc(SCC(N)=O)n2C)c(C)c1. The maximum Gasteiger partial charge on any atom is 0.232 e. The van der Waals surface area contributed by atoms with Crippen LogP contribution in [0.5, 0.6) is 0 Å². The van der Waals surface area contributed by atoms with Crippen LogP contribution >= 0.6 is 11.8 Å². The van der Waals surface area contributed by atoms with E-state index in [0.717, 1.165) is 16.8 Å². The second kappa shape index (κ2) is 7.28. The van der Waals surface area contributed by atoms with Gasteiger partial charge in [0, 0.05) is 12.7 Å². The highest BCUT2D eigenvalue weighted by Crippen LogP contribution is 2.18. The van der Waals surface area contributed by atoms with Gasteiger partial charge in [0.15, 0.2) is 5.16 Å². The number of rotatable bonds is 6. The number of benzene rings is 1. The van der Waals surface area contributed by atoms with Crippen molar-refractivity contribution in [3.05, 3.63) is 35.2 Å². The molecule has 0 aliphatic rings. The minimum absolute atomic E-state index is 0.105. The average molecular weight is 333 g/mol. The van der Waals surface area contributed by atoms with E-state index in [-0.39, 0.29) is 18.1 Å². The lowest BCUT2D eigenvalue weighted by Crippen LogP contribution is -2.18. The Morgan fingerprint density at radius 1 is 1.30 bits per heavy atom. The summed E-state index contributed by atoms with van der Waals surface area (Å²) in [6.07, 6.45) is 0.105. The quantitative estimate of drug-likeness (QED) is 0.773. The molecular weight excluding hydrogens is 314 g/mol. The van der Waals surface area contributed by atoms with Gasteiger partial charge in [-0.15, -0.1) is 10.2 Å². The number of nitrogens with two attached hydrogens (primary N) is 1. The lowest BCUT2D eigenvalue weighted by molar-refractivity contribution is -0.116. The van der Waals surface area contributed by atoms with Gasteiger partial charge >= 0.3 is 0 Å². The molecule has 1 heterocycles. The molecule has 7 nitrogen and oxygen atoms in total. The molecule has 1 aromatic carbocycles. The number of anilines is 1. The molecule has 0 bridgehead atoms. The van der Waals surface area contributed by atoms with Crippen LogP contribution in [0, 0.1) is 13.8 Å². The van der Waals surface area contributed by atoms with E-state index >= 15 is 0 Å². The van der Waals surface area contributed by atoms with Gasteiger partial charge < -0.3 is 15.6 Å². The third-order valence-electron chi connectivity index (χ3n) is 3.24. The zero-order chi connectivity index (χ0) is 17.0. The fraction of sp³-hybridized carbons (Fsp3) is 0.333. The fourth-order valence-electron chi connectivity index (χ4n) is 2.05. The van der Waals surface area contributed by atoms with Crippen molar-refractivity contribution >= 4 is 29.3 Å². The van der Waals surface area contributed by atoms with Crippen molar-refractivity contribution in [1.82, 2.24) is 14.8 Å². The number of aromatic nitrogens is 3. The number of carbonyl (C=O) groups excluding carboxylic acids is 2. The zero-order valence-electron chi connectivity index (χ0n) is 13.3. The van der Waals surface area contributed by atoms with Crippen LogP contribution in [0.25, 0.3) is 0 Å². The van der Waals surface area contributed by atoms with Crippen LogP contribution in [-0.4, -0.2) is 32.3 Å². The number of nitrogens with one attached hydrogen (secondary N) is 1. The predicted octanol–water partition coefficient (Wildman–Crippen LogP) is 1.19. The lowest BCUT2D eigenvalue weighted by atomic mass is 10.1. The van der Waals surface area contributed by atoms with Crippen LogP contribution in [0.1, 0.15) is 17.0 Å². The first kappa shape index (κ1) is 17.0. The van der Waals surface area contributed by atoms with Crippen molar-refractivity contribution < 1.29 is 9.59 Å². The number of amides is 2. The molecular formula is C15H19N5O2S. The van der Waals surface area contributed by atoms with Crippen molar-refractivity contribution in [3.8, 4) is 0 Å². The van der Waals surface area contributed by atoms with Gasteiger partial charge in [0.25, 0.3) is 0 Å². The predicted molar refractivity (Wildman–Crippen MR) is 89.2 cm³/mol. The summed E-state index contributed by atoms with van der Waals surface area (Å²) >= 11 is 1.19. The molecule has 23 heavy (non-hydrogen) atoms. The number of hydrogen-bond donors (Lipinski definition) is 2. The first-order valence-electron chi connectivity index (χ1n) is 7.03. The standard InChI is InChI=1S/C15H19N5O2S/c1-9-4-5-11(10(2)6-9)17-14(22)7-13-18-19-15(20(13)3)23-8-12(16)21/h4-6H,7-8H2,1-3H3,(H2,16,21)(H,17,22). The summed E-state index contributed by atoms with van der Waals surface area (Å²) in [5.74, 6) is 0.0612. The van der Waals surface area contributed by atoms with Crippen LogP contribution < -0.4 is 11.1 Å². The Morgan fingerprint density at radius 2 is 2.04 bits per heavy atom. The number of hydrogen-bond acceptors (Lipinski definition) is 5. The van der Waals surface area contributed by atoms with Crippen LogP contribution in [0.4, 0.5) is 5.69 Å². The van der Waals surface area contributed by atoms with Crippen LogP contribution in [0.2, 0.25) is 0 Å². The Hall–Kier alpha value is -2.35. The van der Waals surface area contributed by atoms with Crippen molar-refractivity contribution in [2.45, 2.75) is 25.4 Å². The van der Waals surface area contributed by atoms with Crippen molar-refractivity contribution in [3.63, 3.8) is 0 Å². The normalized spacial score (nSPS) is 10.6. The smallest absolute Gasteiger partial charge is 0.232 e. The Kier molecular flexibility index (Phi) is 5.38. The molecule has 0 saturated heterocycles. The highest BCUT2D eigenvalue weighted by atomic mass is 32.2. The van der Waals surface area contributed by atoms with Gasteiger partial charge in [0.05, 0.1) is 12.2 Å². The van der Waals surface area contributed by atoms with E-state index in [1.165, 1.54) is 11.8 Å². The second-order valence-corrected chi connectivity index (χ2v) is 6.20. The number of primary amides is 1. The molecule has 2 aromatic rings. The first-order chi connectivity index (χ1) is 10.9. The maximum absolute atomic E-state index is 12.2. The molecule has 0 spiro atoms. The summed E-state index contributed by atoms with van der Waals surface area (Å²) in [7, 11) is 1.75. The Balaban J connectivity index is 2.01. The minimum Gasteiger partial charge on any atom is -0.369 e. The Bertz CT molecular complexity index is 741. The molecule has 122 valence electrons. The van der Waals surface area contributed by atoms with Crippen LogP contribution in [-0.2, 0) is 23.1 Å². The van der Waals surface area contributed by atoms with Gasteiger partial charge in [-0.1, -0.05) is 29.5 Å². The monoisotopic (exact) mass is 333 g/mol. The molecule has 0 unspecified atom stereocenters. The van der Waals surface area contributed by atoms with Crippen LogP contribution in [0.15, 0.2) is 23.4 Å². The summed E-state index contributed by atoms with van der Waals surface area (Å²) in [5.41, 5.74) is 8.04. The van der Waals surface area contributed by atoms with Crippen molar-refractivity contribution in [2.24, 2.45) is 12.8 Å². The van der Waals surface area contributed by atoms with Gasteiger partial charge in [-0.05, 0) is 25.5 Å². The van der Waals surface area contributed by atoms with E-state index in [1.807, 2.05) is 32.0 Å². The molecule has 0 saturated carbocycles. The zero-order valence-corrected chi connectivity index (χ0v) is 14.1. The van der Waals surface area contributed by atoms with Crippen molar-refractivity contribution in [1.29, 1.82) is 0 Å². The van der Waals surface area contributed by atoms with E-state index < -0.39 is 5.91 Å². The topological polar surface area (TPSA) is 103 Å². The molecule has 0 atom stereocenters. The van der Waals surface area contributed by atoms with E-state index in [2.05, 4.69) is 15.5 Å². The molecule has 1 aromatic heterocycles. The van der Waals surface area contributed by atoms with Crippen molar-refractivity contribution in [2.75, 3.05) is 11.1 Å². The van der Waals surface area contributed by atoms with Crippen LogP contribution in [0.3, 0.4) is 0 Å². The molecule has 2 amide bonds. The number of carbonyl (C=O) groups is 2. The number of aryl methyl sites for hydroxylation is 2. The summed E-state index contributed by atoms with van der Waals surface area (Å²) < 4.78 is 1.69. The Morgan fingerprint density at radius 3 is 2.70 bits per heavy atom. The summed E-state index contributed by atoms with van der Waals surface area (Å²) in [5, 5.41) is 11.4. The van der Waals surface area contributed by atoms with E-state index in [1.54, 1.807) is 11.6 Å². The van der Waals surface area contributed by atoms with E-state index in [0.29, 0.717) is 11.0 Å². The summed E-state index contributed by atoms with van der Waals surface area (Å²) in [4.78, 5) is 23.0. The summed E-state index contributed by atoms with van der Waals surface area (Å²) in [6.45, 7) is 3.95. The van der Waals surface area contributed by atoms with Gasteiger partial charge in [-0.3, -0.25) is 9.59 Å². The highest BCUT2D eigenvalue weighted by Gasteiger charge is 2.14. The molecule has 0 aliphatic carbocycles. The van der Waals surface area contributed by atoms with Gasteiger partial charge in [-0.25, -0.2) is 0 Å². The second-order valence-electron chi connectivity index (χ2n) is 5.26. The minimum atomic E-state index is -0.424. The first-order valence-corrected chi connectivity index (χ1v) is 8.02. The molecule has 0 aliphatic heterocycles. The van der Waals surface area contributed by atoms with Gasteiger partial charge in [-0.2, -0.15) is 0 Å². The van der Waals surface area contributed by atoms with Gasteiger partial charge in [0.1, 0.15) is 5.82 Å². The highest BCUT2D eigenvalue weighted by molar-refractivity contribution is 7.99. The lowest BCUT2D eigenvalue weighted by Gasteiger charge is -2.09. The average Bonchev–Trinajstić information content (AvgIpc) is 2.80. The maximum atomic E-state index is 12.2. The molecule has 0 fully saturated rings. The number of nitrogens with zero attached hydrogens (tertiary/aromatic N) is 3. The van der Waals surface area contributed by atoms with Gasteiger partial charge in [0.2, 0.25) is 11.8 Å². The van der Waals surface area contributed by atoms with E-state index in [9.17, 15) is 9.59 Å². The number of thioether (sulfide) groups is 1. The molecule has 2 rings (SSSR count). The summed E-state index contributed by atoms with van der Waals surface area (Å²) in [6, 6.07) is 5.84. The fourth-order valence-corrected chi connectivity index (χ4v) is 2.72.